The van der Waals surface area contributed by atoms with Gasteiger partial charge in [0.1, 0.15) is 0 Å². The molecule has 18 heavy (non-hydrogen) atoms. The first-order chi connectivity index (χ1) is 8.58. The fraction of sp³-hybridized carbons (Fsp3) is 0.0769. The minimum atomic E-state index is -0.873. The molecule has 0 bridgehead atoms. The smallest absolute Gasteiger partial charge is 0.181 e. The summed E-state index contributed by atoms with van der Waals surface area (Å²) >= 11 is 9.18. The van der Waals surface area contributed by atoms with Gasteiger partial charge in [-0.2, -0.15) is 0 Å². The molecular formula is C13H9BrClF2N. The van der Waals surface area contributed by atoms with Crippen LogP contribution >= 0.6 is 27.5 Å². The molecule has 0 heterocycles. The lowest BCUT2D eigenvalue weighted by Gasteiger charge is -2.09. The van der Waals surface area contributed by atoms with Gasteiger partial charge in [-0.3, -0.25) is 0 Å². The van der Waals surface area contributed by atoms with Crippen LogP contribution in [0.5, 0.6) is 0 Å². The summed E-state index contributed by atoms with van der Waals surface area (Å²) in [5.74, 6) is -1.74. The van der Waals surface area contributed by atoms with E-state index >= 15 is 0 Å². The van der Waals surface area contributed by atoms with Gasteiger partial charge in [0.05, 0.1) is 5.69 Å². The highest BCUT2D eigenvalue weighted by atomic mass is 79.9. The lowest BCUT2D eigenvalue weighted by molar-refractivity contribution is 0.511. The van der Waals surface area contributed by atoms with E-state index in [-0.39, 0.29) is 5.69 Å². The summed E-state index contributed by atoms with van der Waals surface area (Å²) in [6.07, 6.45) is 0. The van der Waals surface area contributed by atoms with E-state index in [1.54, 1.807) is 12.1 Å². The number of halogens is 4. The Morgan fingerprint density at radius 1 is 1.17 bits per heavy atom. The zero-order valence-electron chi connectivity index (χ0n) is 9.18. The summed E-state index contributed by atoms with van der Waals surface area (Å²) in [5.41, 5.74) is 1.04. The zero-order valence-corrected chi connectivity index (χ0v) is 11.5. The fourth-order valence-corrected chi connectivity index (χ4v) is 2.32. The molecule has 0 fully saturated rings. The second-order valence-electron chi connectivity index (χ2n) is 3.69. The van der Waals surface area contributed by atoms with Crippen LogP contribution < -0.4 is 5.32 Å². The standard InChI is InChI=1S/C13H9BrClF2N/c14-10-6-9(15)5-4-8(10)7-18-12-3-1-2-11(16)13(12)17/h1-6,18H,7H2. The molecule has 1 nitrogen and oxygen atoms in total. The van der Waals surface area contributed by atoms with Crippen molar-refractivity contribution in [2.75, 3.05) is 5.32 Å². The Kier molecular flexibility index (Phi) is 4.19. The summed E-state index contributed by atoms with van der Waals surface area (Å²) in [5, 5.41) is 3.46. The van der Waals surface area contributed by atoms with E-state index in [1.807, 2.05) is 6.07 Å². The van der Waals surface area contributed by atoms with E-state index < -0.39 is 11.6 Å². The maximum Gasteiger partial charge on any atom is 0.181 e. The first kappa shape index (κ1) is 13.3. The monoisotopic (exact) mass is 331 g/mol. The summed E-state index contributed by atoms with van der Waals surface area (Å²) in [4.78, 5) is 0. The average Bonchev–Trinajstić information content (AvgIpc) is 2.33. The molecule has 1 N–H and O–H groups in total. The number of hydrogen-bond donors (Lipinski definition) is 1. The van der Waals surface area contributed by atoms with E-state index in [2.05, 4.69) is 21.2 Å². The quantitative estimate of drug-likeness (QED) is 0.834. The van der Waals surface area contributed by atoms with Crippen LogP contribution in [0.1, 0.15) is 5.56 Å². The molecule has 2 aromatic carbocycles. The van der Waals surface area contributed by atoms with Crippen molar-refractivity contribution in [3.05, 3.63) is 63.1 Å². The van der Waals surface area contributed by atoms with Crippen molar-refractivity contribution in [2.24, 2.45) is 0 Å². The van der Waals surface area contributed by atoms with Crippen LogP contribution in [0.25, 0.3) is 0 Å². The van der Waals surface area contributed by atoms with Gasteiger partial charge in [0.2, 0.25) is 0 Å². The molecule has 2 rings (SSSR count). The maximum atomic E-state index is 13.4. The Morgan fingerprint density at radius 2 is 1.94 bits per heavy atom. The third-order valence-electron chi connectivity index (χ3n) is 2.44. The van der Waals surface area contributed by atoms with Gasteiger partial charge in [0, 0.05) is 16.0 Å². The van der Waals surface area contributed by atoms with Gasteiger partial charge in [0.15, 0.2) is 11.6 Å². The first-order valence-electron chi connectivity index (χ1n) is 5.20. The molecule has 94 valence electrons. The molecule has 0 aliphatic heterocycles. The van der Waals surface area contributed by atoms with E-state index in [9.17, 15) is 8.78 Å². The Hall–Kier alpha value is -1.13. The number of benzene rings is 2. The van der Waals surface area contributed by atoms with Gasteiger partial charge >= 0.3 is 0 Å². The molecule has 0 unspecified atom stereocenters. The largest absolute Gasteiger partial charge is 0.378 e. The molecule has 0 atom stereocenters. The summed E-state index contributed by atoms with van der Waals surface area (Å²) in [6, 6.07) is 9.33. The lowest BCUT2D eigenvalue weighted by Crippen LogP contribution is -2.03. The predicted octanol–water partition coefficient (Wildman–Crippen LogP) is 4.99. The van der Waals surface area contributed by atoms with Crippen LogP contribution in [-0.4, -0.2) is 0 Å². The van der Waals surface area contributed by atoms with E-state index in [0.717, 1.165) is 16.1 Å². The van der Waals surface area contributed by atoms with E-state index in [0.29, 0.717) is 11.6 Å². The second-order valence-corrected chi connectivity index (χ2v) is 4.98. The molecule has 2 aromatic rings. The van der Waals surface area contributed by atoms with Gasteiger partial charge in [-0.25, -0.2) is 8.78 Å². The third kappa shape index (κ3) is 3.00. The molecule has 0 saturated carbocycles. The molecule has 0 aromatic heterocycles. The predicted molar refractivity (Wildman–Crippen MR) is 72.8 cm³/mol. The Bertz CT molecular complexity index is 575. The minimum Gasteiger partial charge on any atom is -0.378 e. The first-order valence-corrected chi connectivity index (χ1v) is 6.37. The van der Waals surface area contributed by atoms with Crippen LogP contribution in [0.15, 0.2) is 40.9 Å². The van der Waals surface area contributed by atoms with Crippen LogP contribution in [-0.2, 0) is 6.54 Å². The van der Waals surface area contributed by atoms with Crippen molar-refractivity contribution >= 4 is 33.2 Å². The molecule has 0 saturated heterocycles. The highest BCUT2D eigenvalue weighted by molar-refractivity contribution is 9.10. The lowest BCUT2D eigenvalue weighted by atomic mass is 10.2. The SMILES string of the molecule is Fc1cccc(NCc2ccc(Cl)cc2Br)c1F. The third-order valence-corrected chi connectivity index (χ3v) is 3.41. The van der Waals surface area contributed by atoms with Gasteiger partial charge in [-0.05, 0) is 29.8 Å². The fourth-order valence-electron chi connectivity index (χ4n) is 1.50. The summed E-state index contributed by atoms with van der Waals surface area (Å²) in [7, 11) is 0. The average molecular weight is 333 g/mol. The summed E-state index contributed by atoms with van der Waals surface area (Å²) in [6.45, 7) is 0.373. The van der Waals surface area contributed by atoms with Crippen molar-refractivity contribution < 1.29 is 8.78 Å². The van der Waals surface area contributed by atoms with E-state index in [4.69, 9.17) is 11.6 Å². The van der Waals surface area contributed by atoms with Crippen molar-refractivity contribution in [1.82, 2.24) is 0 Å². The van der Waals surface area contributed by atoms with Crippen LogP contribution in [0.4, 0.5) is 14.5 Å². The zero-order chi connectivity index (χ0) is 13.1. The van der Waals surface area contributed by atoms with Crippen molar-refractivity contribution in [3.63, 3.8) is 0 Å². The van der Waals surface area contributed by atoms with Crippen LogP contribution in [0.2, 0.25) is 5.02 Å². The highest BCUT2D eigenvalue weighted by Gasteiger charge is 2.07. The molecule has 0 aliphatic carbocycles. The van der Waals surface area contributed by atoms with Crippen LogP contribution in [0.3, 0.4) is 0 Å². The molecule has 0 radical (unpaired) electrons. The summed E-state index contributed by atoms with van der Waals surface area (Å²) < 4.78 is 27.2. The number of rotatable bonds is 3. The molecule has 0 amide bonds. The molecular weight excluding hydrogens is 324 g/mol. The molecule has 0 aliphatic rings. The van der Waals surface area contributed by atoms with Gasteiger partial charge in [-0.15, -0.1) is 0 Å². The highest BCUT2D eigenvalue weighted by Crippen LogP contribution is 2.23. The van der Waals surface area contributed by atoms with Gasteiger partial charge < -0.3 is 5.32 Å². The molecule has 0 spiro atoms. The Balaban J connectivity index is 2.14. The number of nitrogens with one attached hydrogen (secondary N) is 1. The minimum absolute atomic E-state index is 0.136. The maximum absolute atomic E-state index is 13.4. The Labute approximate surface area is 117 Å². The number of hydrogen-bond acceptors (Lipinski definition) is 1. The second kappa shape index (κ2) is 5.67. The van der Waals surface area contributed by atoms with Crippen molar-refractivity contribution in [1.29, 1.82) is 0 Å². The normalized spacial score (nSPS) is 10.4. The van der Waals surface area contributed by atoms with Crippen molar-refractivity contribution in [2.45, 2.75) is 6.54 Å². The number of anilines is 1. The van der Waals surface area contributed by atoms with Crippen molar-refractivity contribution in [3.8, 4) is 0 Å². The van der Waals surface area contributed by atoms with Crippen LogP contribution in [0, 0.1) is 11.6 Å². The molecule has 5 heteroatoms. The van der Waals surface area contributed by atoms with Gasteiger partial charge in [0.25, 0.3) is 0 Å². The Morgan fingerprint density at radius 3 is 2.67 bits per heavy atom. The van der Waals surface area contributed by atoms with Gasteiger partial charge in [-0.1, -0.05) is 39.7 Å². The topological polar surface area (TPSA) is 12.0 Å². The van der Waals surface area contributed by atoms with E-state index in [1.165, 1.54) is 12.1 Å².